The Hall–Kier alpha value is -11.9. The van der Waals surface area contributed by atoms with Crippen LogP contribution in [0.25, 0.3) is 23.3 Å². The monoisotopic (exact) mass is 2180 g/mol. The first-order chi connectivity index (χ1) is 69.8. The molecule has 0 spiro atoms. The first-order valence-electron chi connectivity index (χ1n) is 48.3. The number of ketones is 1. The van der Waals surface area contributed by atoms with Crippen LogP contribution in [0.15, 0.2) is 65.4 Å². The molecule has 0 saturated carbocycles. The summed E-state index contributed by atoms with van der Waals surface area (Å²) < 4.78 is 160. The number of ether oxygens (including phenoxy) is 9. The van der Waals surface area contributed by atoms with Crippen LogP contribution < -0.4 is 40.2 Å². The lowest BCUT2D eigenvalue weighted by Gasteiger charge is -2.38. The fraction of sp³-hybridized carbons (Fsp3) is 0.526. The first-order valence-corrected chi connectivity index (χ1v) is 55.8. The van der Waals surface area contributed by atoms with Crippen molar-refractivity contribution in [2.75, 3.05) is 124 Å². The molecule has 10 rings (SSSR count). The van der Waals surface area contributed by atoms with Gasteiger partial charge in [-0.1, -0.05) is 40.7 Å². The Kier molecular flexibility index (Phi) is 43.3. The summed E-state index contributed by atoms with van der Waals surface area (Å²) in [5.74, 6) is -10.8. The second kappa shape index (κ2) is 53.5. The quantitative estimate of drug-likeness (QED) is 0.00646. The molecular weight excluding hydrogens is 2050 g/mol. The van der Waals surface area contributed by atoms with Crippen LogP contribution in [0, 0.1) is 27.7 Å². The van der Waals surface area contributed by atoms with Gasteiger partial charge in [0.05, 0.1) is 29.2 Å². The molecule has 0 fully saturated rings. The molecule has 148 heavy (non-hydrogen) atoms. The Labute approximate surface area is 867 Å². The van der Waals surface area contributed by atoms with Crippen LogP contribution in [0.3, 0.4) is 0 Å². The van der Waals surface area contributed by atoms with E-state index in [9.17, 15) is 106 Å². The predicted molar refractivity (Wildman–Crippen MR) is 542 cm³/mol. The van der Waals surface area contributed by atoms with Gasteiger partial charge in [0.2, 0.25) is 5.91 Å². The van der Waals surface area contributed by atoms with Gasteiger partial charge in [-0.15, -0.1) is 22.7 Å². The molecule has 51 heteroatoms. The van der Waals surface area contributed by atoms with E-state index < -0.39 is 180 Å². The topological polar surface area (TPSA) is 599 Å². The van der Waals surface area contributed by atoms with Gasteiger partial charge in [-0.05, 0) is 211 Å². The van der Waals surface area contributed by atoms with Crippen molar-refractivity contribution >= 4 is 175 Å². The molecule has 45 nitrogen and oxygen atoms in total. The smallest absolute Gasteiger partial charge is 0.347 e. The Morgan fingerprint density at radius 1 is 0.527 bits per heavy atom. The molecule has 0 bridgehead atoms. The fourth-order valence-corrected chi connectivity index (χ4v) is 26.3. The summed E-state index contributed by atoms with van der Waals surface area (Å²) in [4.78, 5) is 193. The number of aliphatic hydroxyl groups is 1. The lowest BCUT2D eigenvalue weighted by atomic mass is 10.0. The lowest BCUT2D eigenvalue weighted by molar-refractivity contribution is -0.179. The molecule has 4 aliphatic rings. The third kappa shape index (κ3) is 30.5. The number of aromatic nitrogens is 2. The molecule has 0 saturated heterocycles. The number of esters is 7. The molecule has 9 N–H and O–H groups in total. The van der Waals surface area contributed by atoms with E-state index in [0.717, 1.165) is 83.3 Å². The number of unbranched alkanes of at least 4 members (excludes halogenated alkanes) is 1. The van der Waals surface area contributed by atoms with Gasteiger partial charge in [-0.2, -0.15) is 8.61 Å². The van der Waals surface area contributed by atoms with E-state index in [2.05, 4.69) is 54.9 Å². The van der Waals surface area contributed by atoms with Crippen molar-refractivity contribution in [3.8, 4) is 11.5 Å². The fourth-order valence-electron chi connectivity index (χ4n) is 16.4. The van der Waals surface area contributed by atoms with Crippen molar-refractivity contribution in [1.82, 2.24) is 58.7 Å². The number of carbonyl (C=O) groups excluding carboxylic acids is 14. The number of allylic oxidation sites excluding steroid dienone is 1. The van der Waals surface area contributed by atoms with Crippen LogP contribution >= 0.6 is 22.7 Å². The minimum atomic E-state index is -4.84. The summed E-state index contributed by atoms with van der Waals surface area (Å²) in [5, 5.41) is 21.3. The number of rotatable bonds is 51. The van der Waals surface area contributed by atoms with Crippen LogP contribution in [-0.2, 0) is 137 Å². The van der Waals surface area contributed by atoms with Crippen LogP contribution in [0.4, 0.5) is 5.69 Å². The number of carbonyl (C=O) groups is 14. The number of hydrogen-bond donors (Lipinski definition) is 9. The number of nitrogens with zero attached hydrogens (tertiary/aromatic N) is 5. The molecule has 0 radical (unpaired) electrons. The van der Waals surface area contributed by atoms with Gasteiger partial charge in [-0.3, -0.25) is 47.9 Å². The number of nitrogens with one attached hydrogen (secondary N) is 8. The van der Waals surface area contributed by atoms with Crippen molar-refractivity contribution in [2.45, 2.75) is 234 Å². The highest BCUT2D eigenvalue weighted by Crippen LogP contribution is 2.45. The van der Waals surface area contributed by atoms with E-state index in [1.165, 1.54) is 48.5 Å². The Morgan fingerprint density at radius 3 is 1.45 bits per heavy atom. The van der Waals surface area contributed by atoms with Gasteiger partial charge in [0.15, 0.2) is 36.3 Å². The van der Waals surface area contributed by atoms with Gasteiger partial charge in [0.25, 0.3) is 69.6 Å². The van der Waals surface area contributed by atoms with Gasteiger partial charge >= 0.3 is 41.8 Å². The van der Waals surface area contributed by atoms with E-state index in [4.69, 9.17) is 42.6 Å². The van der Waals surface area contributed by atoms with Gasteiger partial charge in [-0.25, -0.2) is 62.3 Å². The van der Waals surface area contributed by atoms with Crippen molar-refractivity contribution in [3.63, 3.8) is 0 Å². The highest BCUT2D eigenvalue weighted by atomic mass is 32.3. The largest absolute Gasteiger partial charge is 0.451 e. The maximum absolute atomic E-state index is 14.0. The second-order valence-corrected chi connectivity index (χ2v) is 45.3. The molecule has 7 heterocycles. The highest BCUT2D eigenvalue weighted by molar-refractivity contribution is 7.95. The number of aromatic amines is 2. The SMILES string of the molecule is CCN(CC)CCNC(=O)c1c(C)[nH]c(/C=C2\C(=O)Nc3ccc(OC(=O)CCC(=O)N(CC)[C@H]4CN(CCCOC)S(=O)(=O)c5sc(S(=O)(=O)NC(=O)[C@H](C)OC(=O)[C@H](C)OC(=O)[C@H](C)O)cc54)cc32)c1C.CCN[C@H]1CN(CCCOC)S(=O)(=O)c2sc(S(=O)(=O)NC(=O)[C@H](C)OC(=O)[C@H](C)OC(=O)[C@H](C)OC(=O)CCCCC(=O)Oc3ccc4c(c3)/C(=C\c3[nH]c(C)c(C(=O)NCCN(CC)CC)c3C)C(=O)C4)cc21. The van der Waals surface area contributed by atoms with Crippen LogP contribution in [-0.4, -0.2) is 311 Å². The van der Waals surface area contributed by atoms with Crippen LogP contribution in [0.2, 0.25) is 0 Å². The summed E-state index contributed by atoms with van der Waals surface area (Å²) in [6.45, 7) is 32.2. The molecule has 1 aliphatic carbocycles. The maximum atomic E-state index is 14.0. The van der Waals surface area contributed by atoms with Crippen LogP contribution in [0.5, 0.6) is 11.5 Å². The number of Topliss-reactive ketones (excluding diaryl/α,β-unsaturated/α-hetero) is 1. The molecule has 812 valence electrons. The number of fused-ring (bicyclic) bond motifs is 4. The molecular formula is C97H131N13O32S6. The van der Waals surface area contributed by atoms with Gasteiger partial charge in [0.1, 0.15) is 34.4 Å². The predicted octanol–water partition coefficient (Wildman–Crippen LogP) is 6.51. The first kappa shape index (κ1) is 120. The average Bonchev–Trinajstić information content (AvgIpc) is 1.57. The number of aryl methyl sites for hydroxylation is 2. The number of likely N-dealkylation sites (N-methyl/N-ethyl adjacent to an activating group) is 4. The summed E-state index contributed by atoms with van der Waals surface area (Å²) in [6.07, 6.45) is -6.21. The second-order valence-electron chi connectivity index (χ2n) is 35.1. The Morgan fingerprint density at radius 2 is 0.966 bits per heavy atom. The van der Waals surface area contributed by atoms with Crippen molar-refractivity contribution < 1.29 is 149 Å². The van der Waals surface area contributed by atoms with Gasteiger partial charge < -0.3 is 93.7 Å². The van der Waals surface area contributed by atoms with E-state index in [1.807, 2.05) is 32.4 Å². The number of sulfonamides is 4. The third-order valence-corrected chi connectivity index (χ3v) is 35.3. The minimum Gasteiger partial charge on any atom is -0.451 e. The molecule has 6 aromatic rings. The lowest BCUT2D eigenvalue weighted by Crippen LogP contribution is -2.47. The maximum Gasteiger partial charge on any atom is 0.347 e. The van der Waals surface area contributed by atoms with E-state index in [0.29, 0.717) is 129 Å². The van der Waals surface area contributed by atoms with E-state index in [-0.39, 0.29) is 128 Å². The van der Waals surface area contributed by atoms with Crippen molar-refractivity contribution in [1.29, 1.82) is 0 Å². The number of aliphatic hydroxyl groups excluding tert-OH is 1. The zero-order valence-corrected chi connectivity index (χ0v) is 90.8. The third-order valence-electron chi connectivity index (χ3n) is 24.6. The number of H-pyrrole nitrogens is 2. The molecule has 3 aliphatic heterocycles. The number of methoxy groups -OCH3 is 2. The molecule has 6 amide bonds. The summed E-state index contributed by atoms with van der Waals surface area (Å²) in [5.41, 5.74) is 7.85. The van der Waals surface area contributed by atoms with Crippen molar-refractivity contribution in [3.05, 3.63) is 121 Å². The molecule has 4 aromatic heterocycles. The van der Waals surface area contributed by atoms with Crippen LogP contribution in [0.1, 0.15) is 229 Å². The van der Waals surface area contributed by atoms with E-state index in [1.54, 1.807) is 68.8 Å². The number of benzene rings is 2. The zero-order valence-electron chi connectivity index (χ0n) is 85.9. The van der Waals surface area contributed by atoms with Gasteiger partial charge in [0, 0.05) is 169 Å². The van der Waals surface area contributed by atoms with Crippen molar-refractivity contribution in [2.24, 2.45) is 0 Å². The number of thiophene rings is 2. The minimum absolute atomic E-state index is 0.00393. The summed E-state index contributed by atoms with van der Waals surface area (Å²) in [6, 6.07) is 10.1. The van der Waals surface area contributed by atoms with E-state index >= 15 is 0 Å². The molecule has 0 unspecified atom stereocenters. The number of anilines is 1. The molecule has 2 aromatic carbocycles. The normalized spacial score (nSPS) is 16.9. The Bertz CT molecular complexity index is 6490. The highest BCUT2D eigenvalue weighted by Gasteiger charge is 2.46. The standard InChI is InChI=1S/C50H68N6O16S3.C47H63N7O16S3/c1-10-51-40-28-56(21-15-23-68-9)75(66,67)50-38(40)27-44(73-50)74(64,65)54-46(60)31(6)70-49(63)33(8)71-48(62)32(7)69-42(58)16-13-14-17-43(59)72-35-19-18-34-24-41(57)37(36(34)25-35)26-39-29(4)45(30(5)53-39)47(61)52-20-22-55(11-2)12-3;1-10-52(11-2)20-18-48-44(60)41-26(4)36(49-27(41)5)23-33-32-22-31(14-15-35(32)50-43(33)59)70-39(57)17-16-38(56)54(12-3)37-25-53(19-13-21-67-9)73(65,66)47-34(37)24-40(71-47)72(63,64)51-42(58)29(7)68-46(62)30(8)69-45(61)28(6)55/h18-19,25-27,31-33,40,51,53H,10-17,20-24,28H2,1-9H3,(H,52,61)(H,54,60);14-15,22-24,28-30,37,49,55H,10-13,16-21,25H2,1-9H3,(H,48,60)(H,50,59)(H,51,58)/b37-26+;33-23-/t31-,32-,33-,40-;28-,29-,30-,37-/m00/s1. The molecule has 8 atom stereocenters. The Balaban J connectivity index is 0.000000329. The zero-order chi connectivity index (χ0) is 109. The average molecular weight is 2180 g/mol. The number of amides is 6. The summed E-state index contributed by atoms with van der Waals surface area (Å²) >= 11 is 0.820. The summed E-state index contributed by atoms with van der Waals surface area (Å²) in [7, 11) is -15.0. The number of hydrogen-bond acceptors (Lipinski definition) is 37.